The Morgan fingerprint density at radius 3 is 2.85 bits per heavy atom. The number of hydrogen-bond donors (Lipinski definition) is 2. The summed E-state index contributed by atoms with van der Waals surface area (Å²) in [6, 6.07) is -0.0716. The number of carbonyl (C=O) groups is 1. The summed E-state index contributed by atoms with van der Waals surface area (Å²) in [7, 11) is 0. The van der Waals surface area contributed by atoms with Crippen LogP contribution >= 0.6 is 23.7 Å². The lowest BCUT2D eigenvalue weighted by molar-refractivity contribution is -0.137. The van der Waals surface area contributed by atoms with Gasteiger partial charge in [-0.1, -0.05) is 0 Å². The van der Waals surface area contributed by atoms with E-state index in [2.05, 4.69) is 20.5 Å². The molecule has 2 saturated heterocycles. The molecule has 2 fully saturated rings. The average molecular weight is 413 g/mol. The first-order valence-corrected chi connectivity index (χ1v) is 9.49. The van der Waals surface area contributed by atoms with Gasteiger partial charge in [-0.05, 0) is 44.7 Å². The molecule has 1 aromatic rings. The topological polar surface area (TPSA) is 57.3 Å². The zero-order valence-corrected chi connectivity index (χ0v) is 16.0. The van der Waals surface area contributed by atoms with E-state index < -0.39 is 11.2 Å². The molecule has 3 rings (SSSR count). The molecule has 10 heteroatoms. The summed E-state index contributed by atoms with van der Waals surface area (Å²) in [5, 5.41) is 5.41. The van der Waals surface area contributed by atoms with E-state index >= 15 is 0 Å². The number of nitrogens with zero attached hydrogens (tertiary/aromatic N) is 2. The zero-order valence-electron chi connectivity index (χ0n) is 14.3. The lowest BCUT2D eigenvalue weighted by atomic mass is 9.98. The highest BCUT2D eigenvalue weighted by atomic mass is 35.5. The van der Waals surface area contributed by atoms with Crippen LogP contribution in [0.4, 0.5) is 13.2 Å². The monoisotopic (exact) mass is 412 g/mol. The number of piperidine rings is 1. The molecule has 2 aliphatic heterocycles. The molecule has 3 heterocycles. The fourth-order valence-electron chi connectivity index (χ4n) is 3.47. The number of hydrogen-bond acceptors (Lipinski definition) is 5. The van der Waals surface area contributed by atoms with Crippen molar-refractivity contribution in [1.29, 1.82) is 0 Å². The maximum atomic E-state index is 12.6. The highest BCUT2D eigenvalue weighted by molar-refractivity contribution is 7.11. The maximum Gasteiger partial charge on any atom is 0.443 e. The van der Waals surface area contributed by atoms with Crippen LogP contribution in [0.3, 0.4) is 0 Å². The van der Waals surface area contributed by atoms with Gasteiger partial charge in [0.25, 0.3) is 0 Å². The third-order valence-corrected chi connectivity index (χ3v) is 5.75. The number of amides is 1. The number of carbonyl (C=O) groups excluding carboxylic acids is 1. The normalized spacial score (nSPS) is 24.3. The van der Waals surface area contributed by atoms with Crippen LogP contribution in [-0.2, 0) is 17.5 Å². The van der Waals surface area contributed by atoms with Crippen molar-refractivity contribution >= 4 is 29.7 Å². The van der Waals surface area contributed by atoms with Crippen molar-refractivity contribution in [2.24, 2.45) is 5.92 Å². The second-order valence-electron chi connectivity index (χ2n) is 6.77. The minimum atomic E-state index is -4.37. The molecule has 5 nitrogen and oxygen atoms in total. The molecule has 0 aromatic carbocycles. The van der Waals surface area contributed by atoms with Crippen molar-refractivity contribution < 1.29 is 18.0 Å². The lowest BCUT2D eigenvalue weighted by Gasteiger charge is -2.32. The van der Waals surface area contributed by atoms with Gasteiger partial charge in [-0.25, -0.2) is 4.98 Å². The standard InChI is InChI=1S/C16H23F3N4OS.ClH/c17-16(18,19)15-22-8-12(25-15)10-23-6-2-3-11(9-23)7-21-14(24)13-4-1-5-20-13;/h8,11,13,20H,1-7,9-10H2,(H,21,24);1H. The molecule has 0 bridgehead atoms. The molecular weight excluding hydrogens is 389 g/mol. The number of aromatic nitrogens is 1. The number of thiazole rings is 1. The number of likely N-dealkylation sites (tertiary alicyclic amines) is 1. The van der Waals surface area contributed by atoms with E-state index in [4.69, 9.17) is 0 Å². The van der Waals surface area contributed by atoms with E-state index in [1.807, 2.05) is 0 Å². The quantitative estimate of drug-likeness (QED) is 0.780. The van der Waals surface area contributed by atoms with Crippen molar-refractivity contribution in [1.82, 2.24) is 20.5 Å². The van der Waals surface area contributed by atoms with Crippen LogP contribution in [0.2, 0.25) is 0 Å². The molecule has 0 saturated carbocycles. The minimum absolute atomic E-state index is 0. The summed E-state index contributed by atoms with van der Waals surface area (Å²) in [5.41, 5.74) is 0. The predicted octanol–water partition coefficient (Wildman–Crippen LogP) is 2.66. The molecule has 2 unspecified atom stereocenters. The molecule has 0 radical (unpaired) electrons. The molecular formula is C16H24ClF3N4OS. The Bertz CT molecular complexity index is 592. The number of halogens is 4. The summed E-state index contributed by atoms with van der Waals surface area (Å²) in [6.45, 7) is 3.67. The SMILES string of the molecule is Cl.O=C(NCC1CCCN(Cc2cnc(C(F)(F)F)s2)C1)C1CCCN1. The van der Waals surface area contributed by atoms with E-state index in [0.29, 0.717) is 35.2 Å². The van der Waals surface area contributed by atoms with Gasteiger partial charge in [0.1, 0.15) is 0 Å². The summed E-state index contributed by atoms with van der Waals surface area (Å²) in [5.74, 6) is 0.404. The molecule has 1 amide bonds. The van der Waals surface area contributed by atoms with Crippen LogP contribution in [0, 0.1) is 5.92 Å². The smallest absolute Gasteiger partial charge is 0.354 e. The molecule has 0 aliphatic carbocycles. The van der Waals surface area contributed by atoms with Gasteiger partial charge in [0, 0.05) is 30.7 Å². The van der Waals surface area contributed by atoms with Crippen molar-refractivity contribution in [3.63, 3.8) is 0 Å². The molecule has 26 heavy (non-hydrogen) atoms. The third-order valence-electron chi connectivity index (χ3n) is 4.72. The predicted molar refractivity (Wildman–Crippen MR) is 96.4 cm³/mol. The van der Waals surface area contributed by atoms with Crippen molar-refractivity contribution in [2.75, 3.05) is 26.2 Å². The van der Waals surface area contributed by atoms with E-state index in [-0.39, 0.29) is 24.4 Å². The summed E-state index contributed by atoms with van der Waals surface area (Å²) in [6.07, 6.45) is 0.897. The molecule has 148 valence electrons. The van der Waals surface area contributed by atoms with Gasteiger partial charge < -0.3 is 10.6 Å². The Hall–Kier alpha value is -0.900. The minimum Gasteiger partial charge on any atom is -0.354 e. The summed E-state index contributed by atoms with van der Waals surface area (Å²) < 4.78 is 37.9. The molecule has 2 atom stereocenters. The summed E-state index contributed by atoms with van der Waals surface area (Å²) >= 11 is 0.714. The van der Waals surface area contributed by atoms with Crippen molar-refractivity contribution in [3.8, 4) is 0 Å². The fourth-order valence-corrected chi connectivity index (χ4v) is 4.29. The molecule has 2 aliphatic rings. The Kier molecular flexibility index (Phi) is 7.69. The van der Waals surface area contributed by atoms with Gasteiger partial charge in [0.05, 0.1) is 6.04 Å². The fraction of sp³-hybridized carbons (Fsp3) is 0.750. The first kappa shape index (κ1) is 21.4. The Balaban J connectivity index is 0.00000243. The first-order chi connectivity index (χ1) is 11.9. The van der Waals surface area contributed by atoms with Crippen LogP contribution in [0.25, 0.3) is 0 Å². The van der Waals surface area contributed by atoms with E-state index in [1.54, 1.807) is 0 Å². The van der Waals surface area contributed by atoms with Crippen LogP contribution in [0.1, 0.15) is 35.6 Å². The van der Waals surface area contributed by atoms with E-state index in [0.717, 1.165) is 45.3 Å². The average Bonchev–Trinajstić information content (AvgIpc) is 3.24. The third kappa shape index (κ3) is 5.80. The van der Waals surface area contributed by atoms with Crippen molar-refractivity contribution in [3.05, 3.63) is 16.1 Å². The van der Waals surface area contributed by atoms with Crippen LogP contribution in [-0.4, -0.2) is 48.0 Å². The molecule has 0 spiro atoms. The van der Waals surface area contributed by atoms with Gasteiger partial charge in [0.2, 0.25) is 5.91 Å². The largest absolute Gasteiger partial charge is 0.443 e. The lowest BCUT2D eigenvalue weighted by Crippen LogP contribution is -2.45. The van der Waals surface area contributed by atoms with Gasteiger partial charge in [-0.3, -0.25) is 9.69 Å². The number of rotatable bonds is 5. The van der Waals surface area contributed by atoms with Gasteiger partial charge >= 0.3 is 6.18 Å². The second kappa shape index (κ2) is 9.34. The van der Waals surface area contributed by atoms with E-state index in [9.17, 15) is 18.0 Å². The van der Waals surface area contributed by atoms with Crippen LogP contribution in [0.15, 0.2) is 6.20 Å². The second-order valence-corrected chi connectivity index (χ2v) is 7.88. The molecule has 1 aromatic heterocycles. The van der Waals surface area contributed by atoms with Crippen LogP contribution in [0.5, 0.6) is 0 Å². The highest BCUT2D eigenvalue weighted by Crippen LogP contribution is 2.33. The van der Waals surface area contributed by atoms with Gasteiger partial charge in [-0.2, -0.15) is 13.2 Å². The van der Waals surface area contributed by atoms with Crippen LogP contribution < -0.4 is 10.6 Å². The molecule has 2 N–H and O–H groups in total. The van der Waals surface area contributed by atoms with Gasteiger partial charge in [0.15, 0.2) is 5.01 Å². The number of alkyl halides is 3. The maximum absolute atomic E-state index is 12.6. The Labute approximate surface area is 161 Å². The summed E-state index contributed by atoms with van der Waals surface area (Å²) in [4.78, 5) is 18.3. The van der Waals surface area contributed by atoms with Gasteiger partial charge in [-0.15, -0.1) is 23.7 Å². The Morgan fingerprint density at radius 2 is 2.19 bits per heavy atom. The zero-order chi connectivity index (χ0) is 17.9. The van der Waals surface area contributed by atoms with E-state index in [1.165, 1.54) is 6.20 Å². The Morgan fingerprint density at radius 1 is 1.38 bits per heavy atom. The van der Waals surface area contributed by atoms with Crippen molar-refractivity contribution in [2.45, 2.75) is 44.4 Å². The first-order valence-electron chi connectivity index (χ1n) is 8.67. The highest BCUT2D eigenvalue weighted by Gasteiger charge is 2.34. The number of nitrogens with one attached hydrogen (secondary N) is 2.